The Balaban J connectivity index is 0.000000363. The molecule has 4 heteroatoms. The molecule has 0 amide bonds. The van der Waals surface area contributed by atoms with Gasteiger partial charge in [0.2, 0.25) is 0 Å². The molecule has 1 aromatic heterocycles. The van der Waals surface area contributed by atoms with Crippen molar-refractivity contribution in [3.8, 4) is 11.1 Å². The van der Waals surface area contributed by atoms with Crippen molar-refractivity contribution >= 4 is 44.7 Å². The van der Waals surface area contributed by atoms with Crippen LogP contribution in [0.4, 0.5) is 0 Å². The summed E-state index contributed by atoms with van der Waals surface area (Å²) >= 11 is 12.6. The van der Waals surface area contributed by atoms with Crippen molar-refractivity contribution in [1.82, 2.24) is 0 Å². The van der Waals surface area contributed by atoms with Gasteiger partial charge >= 0.3 is 5.63 Å². The summed E-state index contributed by atoms with van der Waals surface area (Å²) in [5.74, 6) is 0.981. The first-order valence-electron chi connectivity index (χ1n) is 13.5. The van der Waals surface area contributed by atoms with E-state index in [4.69, 9.17) is 23.2 Å². The SMILES string of the molecule is CC1Cc2c(ccc3c2cc(-c2ccc(Cl)cc2)c2ccccc23)C(c2cccc(Cl)c2)C1.O=c1cccco1. The van der Waals surface area contributed by atoms with Gasteiger partial charge in [-0.05, 0) is 105 Å². The van der Waals surface area contributed by atoms with Gasteiger partial charge in [-0.15, -0.1) is 0 Å². The monoisotopic (exact) mass is 562 g/mol. The molecule has 0 spiro atoms. The fourth-order valence-electron chi connectivity index (χ4n) is 6.00. The topological polar surface area (TPSA) is 30.2 Å². The summed E-state index contributed by atoms with van der Waals surface area (Å²) in [5, 5.41) is 6.86. The lowest BCUT2D eigenvalue weighted by molar-refractivity contribution is 0.466. The van der Waals surface area contributed by atoms with Gasteiger partial charge in [0.15, 0.2) is 0 Å². The zero-order chi connectivity index (χ0) is 27.6. The molecule has 0 radical (unpaired) electrons. The van der Waals surface area contributed by atoms with E-state index in [1.54, 1.807) is 12.1 Å². The Kier molecular flexibility index (Phi) is 7.47. The van der Waals surface area contributed by atoms with E-state index in [-0.39, 0.29) is 5.63 Å². The van der Waals surface area contributed by atoms with Crippen LogP contribution in [0.2, 0.25) is 10.0 Å². The Morgan fingerprint density at radius 1 is 0.700 bits per heavy atom. The van der Waals surface area contributed by atoms with E-state index in [1.165, 1.54) is 61.7 Å². The van der Waals surface area contributed by atoms with Gasteiger partial charge < -0.3 is 4.42 Å². The molecule has 0 saturated heterocycles. The molecule has 0 aliphatic heterocycles. The van der Waals surface area contributed by atoms with Crippen LogP contribution >= 0.6 is 23.2 Å². The Morgan fingerprint density at radius 2 is 1.45 bits per heavy atom. The minimum atomic E-state index is -0.303. The minimum absolute atomic E-state index is 0.303. The Bertz CT molecular complexity index is 1850. The molecular formula is C36H28Cl2O2. The van der Waals surface area contributed by atoms with Gasteiger partial charge in [0.05, 0.1) is 6.26 Å². The average Bonchev–Trinajstić information content (AvgIpc) is 2.97. The van der Waals surface area contributed by atoms with Crippen LogP contribution in [0.3, 0.4) is 0 Å². The Labute approximate surface area is 243 Å². The lowest BCUT2D eigenvalue weighted by atomic mass is 9.72. The van der Waals surface area contributed by atoms with Crippen molar-refractivity contribution in [2.24, 2.45) is 5.92 Å². The number of hydrogen-bond acceptors (Lipinski definition) is 2. The molecule has 0 N–H and O–H groups in total. The van der Waals surface area contributed by atoms with Crippen LogP contribution in [0.15, 0.2) is 125 Å². The van der Waals surface area contributed by atoms with Gasteiger partial charge in [-0.3, -0.25) is 0 Å². The van der Waals surface area contributed by atoms with E-state index in [1.807, 2.05) is 18.2 Å². The van der Waals surface area contributed by atoms with Crippen molar-refractivity contribution in [2.75, 3.05) is 0 Å². The van der Waals surface area contributed by atoms with Gasteiger partial charge in [0, 0.05) is 22.0 Å². The molecule has 2 nitrogen and oxygen atoms in total. The van der Waals surface area contributed by atoms with Crippen LogP contribution in [0.5, 0.6) is 0 Å². The molecule has 7 rings (SSSR count). The van der Waals surface area contributed by atoms with E-state index in [9.17, 15) is 4.79 Å². The summed E-state index contributed by atoms with van der Waals surface area (Å²) in [6.07, 6.45) is 3.60. The summed E-state index contributed by atoms with van der Waals surface area (Å²) in [7, 11) is 0. The lowest BCUT2D eigenvalue weighted by Crippen LogP contribution is -2.18. The molecule has 0 saturated carbocycles. The highest BCUT2D eigenvalue weighted by Gasteiger charge is 2.28. The van der Waals surface area contributed by atoms with Crippen LogP contribution in [0.1, 0.15) is 36.0 Å². The van der Waals surface area contributed by atoms with E-state index < -0.39 is 0 Å². The maximum atomic E-state index is 10.1. The predicted molar refractivity (Wildman–Crippen MR) is 168 cm³/mol. The van der Waals surface area contributed by atoms with Gasteiger partial charge in [0.1, 0.15) is 0 Å². The predicted octanol–water partition coefficient (Wildman–Crippen LogP) is 10.3. The van der Waals surface area contributed by atoms with E-state index in [2.05, 4.69) is 84.1 Å². The van der Waals surface area contributed by atoms with E-state index in [0.29, 0.717) is 11.8 Å². The smallest absolute Gasteiger partial charge is 0.335 e. The molecule has 6 aromatic rings. The number of hydrogen-bond donors (Lipinski definition) is 0. The van der Waals surface area contributed by atoms with Gasteiger partial charge in [-0.2, -0.15) is 0 Å². The molecule has 1 aliphatic rings. The van der Waals surface area contributed by atoms with Crippen LogP contribution in [-0.2, 0) is 6.42 Å². The summed E-state index contributed by atoms with van der Waals surface area (Å²) in [6, 6.07) is 37.1. The molecule has 5 aromatic carbocycles. The second-order valence-corrected chi connectivity index (χ2v) is 11.4. The van der Waals surface area contributed by atoms with E-state index >= 15 is 0 Å². The molecular weight excluding hydrogens is 535 g/mol. The van der Waals surface area contributed by atoms with Crippen LogP contribution < -0.4 is 5.63 Å². The number of benzene rings is 5. The minimum Gasteiger partial charge on any atom is -0.431 e. The average molecular weight is 564 g/mol. The van der Waals surface area contributed by atoms with Gasteiger partial charge in [-0.25, -0.2) is 4.79 Å². The second-order valence-electron chi connectivity index (χ2n) is 10.5. The molecule has 198 valence electrons. The highest BCUT2D eigenvalue weighted by molar-refractivity contribution is 6.31. The lowest BCUT2D eigenvalue weighted by Gasteiger charge is -2.32. The van der Waals surface area contributed by atoms with Crippen LogP contribution in [-0.4, -0.2) is 0 Å². The first-order chi connectivity index (χ1) is 19.5. The fourth-order valence-corrected chi connectivity index (χ4v) is 6.33. The van der Waals surface area contributed by atoms with Crippen LogP contribution in [0.25, 0.3) is 32.7 Å². The molecule has 0 bridgehead atoms. The number of halogens is 2. The highest BCUT2D eigenvalue weighted by Crippen LogP contribution is 2.45. The van der Waals surface area contributed by atoms with Gasteiger partial charge in [0.25, 0.3) is 0 Å². The third kappa shape index (κ3) is 5.30. The van der Waals surface area contributed by atoms with Crippen molar-refractivity contribution in [1.29, 1.82) is 0 Å². The molecule has 0 fully saturated rings. The molecule has 2 unspecified atom stereocenters. The normalized spacial score (nSPS) is 16.3. The quantitative estimate of drug-likeness (QED) is 0.196. The first kappa shape index (κ1) is 26.4. The van der Waals surface area contributed by atoms with Crippen molar-refractivity contribution < 1.29 is 4.42 Å². The molecule has 1 heterocycles. The standard InChI is InChI=1S/C31H24Cl2.C5H4O2/c1-19-15-28(21-5-4-6-23(33)17-21)27-14-13-26-24-7-2-3-8-25(24)29(18-31(26)30(27)16-19)20-9-11-22(32)12-10-20;6-5-3-1-2-4-7-5/h2-14,17-19,28H,15-16H2,1H3;1-4H. The fraction of sp³-hybridized carbons (Fsp3) is 0.139. The van der Waals surface area contributed by atoms with Crippen molar-refractivity contribution in [2.45, 2.75) is 25.7 Å². The Hall–Kier alpha value is -3.85. The largest absolute Gasteiger partial charge is 0.431 e. The summed E-state index contributed by atoms with van der Waals surface area (Å²) in [5.41, 5.74) is 6.40. The molecule has 1 aliphatic carbocycles. The maximum absolute atomic E-state index is 10.1. The third-order valence-electron chi connectivity index (χ3n) is 7.77. The summed E-state index contributed by atoms with van der Waals surface area (Å²) < 4.78 is 4.37. The molecule has 40 heavy (non-hydrogen) atoms. The Morgan fingerprint density at radius 3 is 2.15 bits per heavy atom. The van der Waals surface area contributed by atoms with Crippen molar-refractivity contribution in [3.63, 3.8) is 0 Å². The highest BCUT2D eigenvalue weighted by atomic mass is 35.5. The summed E-state index contributed by atoms with van der Waals surface area (Å²) in [4.78, 5) is 10.1. The second kappa shape index (κ2) is 11.3. The molecule has 2 atom stereocenters. The number of rotatable bonds is 2. The van der Waals surface area contributed by atoms with Gasteiger partial charge in [-0.1, -0.05) is 96.9 Å². The summed E-state index contributed by atoms with van der Waals surface area (Å²) in [6.45, 7) is 2.38. The van der Waals surface area contributed by atoms with E-state index in [0.717, 1.165) is 22.9 Å². The zero-order valence-corrected chi connectivity index (χ0v) is 23.6. The first-order valence-corrected chi connectivity index (χ1v) is 14.3. The number of fused-ring (bicyclic) bond motifs is 5. The van der Waals surface area contributed by atoms with Crippen molar-refractivity contribution in [3.05, 3.63) is 153 Å². The maximum Gasteiger partial charge on any atom is 0.335 e. The zero-order valence-electron chi connectivity index (χ0n) is 22.1. The van der Waals surface area contributed by atoms with Crippen LogP contribution in [0, 0.1) is 5.92 Å². The third-order valence-corrected chi connectivity index (χ3v) is 8.25.